The van der Waals surface area contributed by atoms with Crippen molar-refractivity contribution in [3.63, 3.8) is 0 Å². The monoisotopic (exact) mass is 231 g/mol. The molecule has 2 N–H and O–H groups in total. The van der Waals surface area contributed by atoms with Crippen molar-refractivity contribution in [3.8, 4) is 0 Å². The van der Waals surface area contributed by atoms with Gasteiger partial charge >= 0.3 is 0 Å². The molecular formula is C12H13N3S. The Balaban J connectivity index is 1.86. The van der Waals surface area contributed by atoms with Crippen molar-refractivity contribution in [2.24, 2.45) is 0 Å². The largest absolute Gasteiger partial charge is 0.399 e. The van der Waals surface area contributed by atoms with Crippen molar-refractivity contribution in [2.75, 3.05) is 17.2 Å². The third-order valence-corrected chi connectivity index (χ3v) is 3.69. The fraction of sp³-hybridized carbons (Fsp3) is 0.250. The molecule has 4 heteroatoms. The topological polar surface area (TPSA) is 42.1 Å². The number of thiazole rings is 1. The lowest BCUT2D eigenvalue weighted by Crippen LogP contribution is -2.18. The van der Waals surface area contributed by atoms with Gasteiger partial charge in [0, 0.05) is 29.0 Å². The summed E-state index contributed by atoms with van der Waals surface area (Å²) in [4.78, 5) is 7.81. The zero-order valence-electron chi connectivity index (χ0n) is 8.89. The summed E-state index contributed by atoms with van der Waals surface area (Å²) in [5.41, 5.74) is 11.2. The molecule has 16 heavy (non-hydrogen) atoms. The van der Waals surface area contributed by atoms with E-state index < -0.39 is 0 Å². The Kier molecular flexibility index (Phi) is 2.29. The average molecular weight is 231 g/mol. The quantitative estimate of drug-likeness (QED) is 0.806. The fourth-order valence-corrected chi connectivity index (χ4v) is 2.77. The number of nitrogens with two attached hydrogens (primary N) is 1. The van der Waals surface area contributed by atoms with Gasteiger partial charge in [-0.2, -0.15) is 0 Å². The van der Waals surface area contributed by atoms with Gasteiger partial charge in [-0.1, -0.05) is 0 Å². The highest BCUT2D eigenvalue weighted by atomic mass is 32.1. The zero-order valence-corrected chi connectivity index (χ0v) is 9.70. The number of fused-ring (bicyclic) bond motifs is 1. The van der Waals surface area contributed by atoms with E-state index in [1.807, 2.05) is 17.8 Å². The highest BCUT2D eigenvalue weighted by Gasteiger charge is 2.19. The van der Waals surface area contributed by atoms with Crippen molar-refractivity contribution < 1.29 is 0 Å². The van der Waals surface area contributed by atoms with E-state index in [0.29, 0.717) is 0 Å². The third-order valence-electron chi connectivity index (χ3n) is 2.93. The molecule has 1 aromatic carbocycles. The Morgan fingerprint density at radius 3 is 3.19 bits per heavy atom. The number of nitrogens with zero attached hydrogens (tertiary/aromatic N) is 2. The first kappa shape index (κ1) is 9.66. The molecule has 0 saturated carbocycles. The van der Waals surface area contributed by atoms with Crippen LogP contribution in [0.3, 0.4) is 0 Å². The van der Waals surface area contributed by atoms with Gasteiger partial charge in [-0.05, 0) is 30.2 Å². The molecule has 0 saturated heterocycles. The van der Waals surface area contributed by atoms with Gasteiger partial charge in [-0.15, -0.1) is 11.3 Å². The molecule has 0 unspecified atom stereocenters. The van der Waals surface area contributed by atoms with E-state index in [9.17, 15) is 0 Å². The van der Waals surface area contributed by atoms with Gasteiger partial charge in [0.15, 0.2) is 0 Å². The summed E-state index contributed by atoms with van der Waals surface area (Å²) < 4.78 is 0. The number of anilines is 2. The smallest absolute Gasteiger partial charge is 0.0794 e. The Hall–Kier alpha value is -1.55. The van der Waals surface area contributed by atoms with Crippen molar-refractivity contribution in [2.45, 2.75) is 13.0 Å². The summed E-state index contributed by atoms with van der Waals surface area (Å²) in [5, 5.41) is 0. The van der Waals surface area contributed by atoms with Crippen molar-refractivity contribution >= 4 is 22.7 Å². The second-order valence-corrected chi connectivity index (χ2v) is 5.00. The lowest BCUT2D eigenvalue weighted by Gasteiger charge is -2.18. The van der Waals surface area contributed by atoms with Gasteiger partial charge in [-0.25, -0.2) is 0 Å². The number of benzene rings is 1. The van der Waals surface area contributed by atoms with Crippen LogP contribution in [0.2, 0.25) is 0 Å². The lowest BCUT2D eigenvalue weighted by molar-refractivity contribution is 0.844. The Morgan fingerprint density at radius 1 is 1.44 bits per heavy atom. The number of hydrogen-bond acceptors (Lipinski definition) is 4. The minimum absolute atomic E-state index is 0.860. The highest BCUT2D eigenvalue weighted by molar-refractivity contribution is 7.09. The summed E-state index contributed by atoms with van der Waals surface area (Å²) in [6.45, 7) is 2.04. The standard InChI is InChI=1S/C12H13N3S/c13-10-1-2-12-9(5-10)3-4-15(12)7-11-6-14-8-16-11/h1-2,5-6,8H,3-4,7,13H2. The Bertz CT molecular complexity index is 493. The van der Waals surface area contributed by atoms with Crippen LogP contribution in [0.5, 0.6) is 0 Å². The summed E-state index contributed by atoms with van der Waals surface area (Å²) in [7, 11) is 0. The van der Waals surface area contributed by atoms with Gasteiger partial charge in [0.1, 0.15) is 0 Å². The maximum absolute atomic E-state index is 5.79. The van der Waals surface area contributed by atoms with Crippen LogP contribution in [-0.2, 0) is 13.0 Å². The highest BCUT2D eigenvalue weighted by Crippen LogP contribution is 2.31. The predicted molar refractivity (Wildman–Crippen MR) is 67.7 cm³/mol. The van der Waals surface area contributed by atoms with Crippen LogP contribution in [0.15, 0.2) is 29.9 Å². The SMILES string of the molecule is Nc1ccc2c(c1)CCN2Cc1cncs1. The maximum atomic E-state index is 5.79. The van der Waals surface area contributed by atoms with Gasteiger partial charge in [0.2, 0.25) is 0 Å². The van der Waals surface area contributed by atoms with Gasteiger partial charge < -0.3 is 10.6 Å². The molecule has 0 atom stereocenters. The number of rotatable bonds is 2. The molecule has 82 valence electrons. The number of hydrogen-bond donors (Lipinski definition) is 1. The van der Waals surface area contributed by atoms with Gasteiger partial charge in [0.25, 0.3) is 0 Å². The van der Waals surface area contributed by atoms with E-state index in [0.717, 1.165) is 25.2 Å². The van der Waals surface area contributed by atoms with E-state index in [4.69, 9.17) is 5.73 Å². The van der Waals surface area contributed by atoms with E-state index in [-0.39, 0.29) is 0 Å². The van der Waals surface area contributed by atoms with Gasteiger partial charge in [-0.3, -0.25) is 4.98 Å². The molecule has 0 bridgehead atoms. The fourth-order valence-electron chi connectivity index (χ4n) is 2.16. The van der Waals surface area contributed by atoms with E-state index in [1.54, 1.807) is 11.3 Å². The molecule has 2 aromatic rings. The van der Waals surface area contributed by atoms with Crippen LogP contribution in [0, 0.1) is 0 Å². The minimum Gasteiger partial charge on any atom is -0.399 e. The molecular weight excluding hydrogens is 218 g/mol. The second kappa shape index (κ2) is 3.79. The second-order valence-electron chi connectivity index (χ2n) is 4.03. The van der Waals surface area contributed by atoms with Gasteiger partial charge in [0.05, 0.1) is 12.1 Å². The molecule has 0 fully saturated rings. The molecule has 1 aliphatic heterocycles. The van der Waals surface area contributed by atoms with Crippen molar-refractivity contribution in [1.29, 1.82) is 0 Å². The normalized spacial score (nSPS) is 14.1. The molecule has 0 spiro atoms. The van der Waals surface area contributed by atoms with Crippen molar-refractivity contribution in [1.82, 2.24) is 4.98 Å². The average Bonchev–Trinajstić information content (AvgIpc) is 2.89. The number of aromatic nitrogens is 1. The summed E-state index contributed by atoms with van der Waals surface area (Å²) in [5.74, 6) is 0. The first-order valence-corrected chi connectivity index (χ1v) is 6.21. The Morgan fingerprint density at radius 2 is 2.38 bits per heavy atom. The lowest BCUT2D eigenvalue weighted by atomic mass is 10.1. The molecule has 3 nitrogen and oxygen atoms in total. The molecule has 1 aliphatic rings. The van der Waals surface area contributed by atoms with Crippen LogP contribution in [0.1, 0.15) is 10.4 Å². The predicted octanol–water partition coefficient (Wildman–Crippen LogP) is 2.29. The van der Waals surface area contributed by atoms with Crippen molar-refractivity contribution in [3.05, 3.63) is 40.3 Å². The molecule has 2 heterocycles. The molecule has 0 aliphatic carbocycles. The van der Waals surface area contributed by atoms with E-state index in [2.05, 4.69) is 22.0 Å². The first-order chi connectivity index (χ1) is 7.83. The van der Waals surface area contributed by atoms with E-state index in [1.165, 1.54) is 16.1 Å². The third kappa shape index (κ3) is 1.65. The van der Waals surface area contributed by atoms with Crippen LogP contribution >= 0.6 is 11.3 Å². The Labute approximate surface area is 98.5 Å². The molecule has 1 aromatic heterocycles. The number of nitrogen functional groups attached to an aromatic ring is 1. The molecule has 3 rings (SSSR count). The van der Waals surface area contributed by atoms with Crippen LogP contribution in [-0.4, -0.2) is 11.5 Å². The molecule has 0 amide bonds. The summed E-state index contributed by atoms with van der Waals surface area (Å²) >= 11 is 1.71. The molecule has 0 radical (unpaired) electrons. The van der Waals surface area contributed by atoms with E-state index >= 15 is 0 Å². The summed E-state index contributed by atoms with van der Waals surface area (Å²) in [6, 6.07) is 6.19. The minimum atomic E-state index is 0.860. The van der Waals surface area contributed by atoms with Crippen LogP contribution in [0.4, 0.5) is 11.4 Å². The van der Waals surface area contributed by atoms with Crippen LogP contribution in [0.25, 0.3) is 0 Å². The summed E-state index contributed by atoms with van der Waals surface area (Å²) in [6.07, 6.45) is 3.04. The maximum Gasteiger partial charge on any atom is 0.0794 e. The van der Waals surface area contributed by atoms with Crippen LogP contribution < -0.4 is 10.6 Å². The zero-order chi connectivity index (χ0) is 11.0. The first-order valence-electron chi connectivity index (χ1n) is 5.33.